The molecule has 1 saturated heterocycles. The normalized spacial score (nSPS) is 17.0. The lowest BCUT2D eigenvalue weighted by atomic mass is 9.73. The number of carbonyl (C=O) groups is 1. The van der Waals surface area contributed by atoms with Crippen molar-refractivity contribution in [2.24, 2.45) is 5.73 Å². The number of hydrogen-bond donors (Lipinski definition) is 2. The molecule has 0 radical (unpaired) electrons. The standard InChI is InChI=1S/C17H20N4O2S2.C2HF3O2/c18-13-17(14-4-2-1-3-5-14)6-8-20(9-7-17)25(22,23)15-12-19-16-21(15)10-11-24-16;3-2(4,5)1(6)7/h1-5,10-12H,6-9,13,18H2;(H,6,7). The number of nitrogens with two attached hydrogens (primary N) is 1. The summed E-state index contributed by atoms with van der Waals surface area (Å²) in [6.07, 6.45) is -0.447. The number of rotatable bonds is 4. The van der Waals surface area contributed by atoms with E-state index in [0.717, 1.165) is 12.8 Å². The monoisotopic (exact) mass is 490 g/mol. The van der Waals surface area contributed by atoms with E-state index >= 15 is 0 Å². The quantitative estimate of drug-likeness (QED) is 0.581. The van der Waals surface area contributed by atoms with E-state index in [4.69, 9.17) is 15.6 Å². The lowest BCUT2D eigenvalue weighted by Gasteiger charge is -2.40. The van der Waals surface area contributed by atoms with Gasteiger partial charge in [0, 0.05) is 36.6 Å². The molecule has 2 aromatic heterocycles. The van der Waals surface area contributed by atoms with E-state index in [9.17, 15) is 21.6 Å². The summed E-state index contributed by atoms with van der Waals surface area (Å²) >= 11 is 1.42. The van der Waals surface area contributed by atoms with Crippen LogP contribution >= 0.6 is 11.3 Å². The van der Waals surface area contributed by atoms with E-state index in [0.29, 0.717) is 24.6 Å². The Bertz CT molecular complexity index is 1170. The average Bonchev–Trinajstić information content (AvgIpc) is 3.38. The van der Waals surface area contributed by atoms with Crippen LogP contribution in [0.4, 0.5) is 13.2 Å². The first kappa shape index (κ1) is 24.2. The number of benzene rings is 1. The van der Waals surface area contributed by atoms with Gasteiger partial charge in [0.25, 0.3) is 10.0 Å². The zero-order valence-electron chi connectivity index (χ0n) is 16.7. The first-order valence-corrected chi connectivity index (χ1v) is 11.8. The maximum atomic E-state index is 13.0. The zero-order valence-corrected chi connectivity index (χ0v) is 18.3. The van der Waals surface area contributed by atoms with Crippen LogP contribution in [0.15, 0.2) is 53.1 Å². The molecule has 13 heteroatoms. The lowest BCUT2D eigenvalue weighted by Crippen LogP contribution is -2.48. The molecule has 1 aromatic carbocycles. The Hall–Kier alpha value is -2.48. The van der Waals surface area contributed by atoms with Crippen molar-refractivity contribution in [3.05, 3.63) is 53.7 Å². The van der Waals surface area contributed by atoms with Gasteiger partial charge in [-0.05, 0) is 18.4 Å². The van der Waals surface area contributed by atoms with Crippen LogP contribution in [-0.4, -0.2) is 59.0 Å². The highest BCUT2D eigenvalue weighted by molar-refractivity contribution is 7.89. The molecule has 0 atom stereocenters. The van der Waals surface area contributed by atoms with Crippen LogP contribution in [-0.2, 0) is 20.2 Å². The number of nitrogens with zero attached hydrogens (tertiary/aromatic N) is 3. The highest BCUT2D eigenvalue weighted by Crippen LogP contribution is 2.36. The van der Waals surface area contributed by atoms with Crippen LogP contribution in [0.1, 0.15) is 18.4 Å². The second-order valence-corrected chi connectivity index (χ2v) is 9.97. The molecule has 8 nitrogen and oxygen atoms in total. The van der Waals surface area contributed by atoms with Crippen LogP contribution in [0.2, 0.25) is 0 Å². The third-order valence-electron chi connectivity index (χ3n) is 5.42. The van der Waals surface area contributed by atoms with Crippen molar-refractivity contribution >= 4 is 32.3 Å². The first-order chi connectivity index (χ1) is 15.0. The third kappa shape index (κ3) is 4.80. The van der Waals surface area contributed by atoms with Crippen LogP contribution in [0.25, 0.3) is 4.96 Å². The molecule has 3 aromatic rings. The fourth-order valence-electron chi connectivity index (χ4n) is 3.59. The smallest absolute Gasteiger partial charge is 0.475 e. The largest absolute Gasteiger partial charge is 0.490 e. The summed E-state index contributed by atoms with van der Waals surface area (Å²) in [6, 6.07) is 10.2. The van der Waals surface area contributed by atoms with Gasteiger partial charge in [-0.15, -0.1) is 11.3 Å². The molecule has 1 fully saturated rings. The minimum absolute atomic E-state index is 0.150. The molecule has 0 spiro atoms. The molecule has 1 aliphatic rings. The van der Waals surface area contributed by atoms with Gasteiger partial charge in [0.15, 0.2) is 9.99 Å². The number of piperidine rings is 1. The maximum absolute atomic E-state index is 13.0. The lowest BCUT2D eigenvalue weighted by molar-refractivity contribution is -0.192. The number of carboxylic acids is 1. The summed E-state index contributed by atoms with van der Waals surface area (Å²) in [5.74, 6) is -2.76. The maximum Gasteiger partial charge on any atom is 0.490 e. The van der Waals surface area contributed by atoms with Gasteiger partial charge in [-0.25, -0.2) is 18.2 Å². The Morgan fingerprint density at radius 2 is 1.81 bits per heavy atom. The van der Waals surface area contributed by atoms with Gasteiger partial charge in [-0.1, -0.05) is 30.3 Å². The van der Waals surface area contributed by atoms with E-state index in [2.05, 4.69) is 17.1 Å². The van der Waals surface area contributed by atoms with Crippen molar-refractivity contribution in [3.8, 4) is 0 Å². The number of aromatic nitrogens is 2. The van der Waals surface area contributed by atoms with E-state index < -0.39 is 22.2 Å². The molecule has 0 amide bonds. The number of sulfonamides is 1. The number of fused-ring (bicyclic) bond motifs is 1. The zero-order chi connectivity index (χ0) is 23.6. The number of thiazole rings is 1. The minimum atomic E-state index is -5.08. The van der Waals surface area contributed by atoms with E-state index in [-0.39, 0.29) is 10.4 Å². The average molecular weight is 491 g/mol. The molecule has 4 rings (SSSR count). The van der Waals surface area contributed by atoms with Gasteiger partial charge < -0.3 is 10.8 Å². The van der Waals surface area contributed by atoms with Gasteiger partial charge in [0.1, 0.15) is 0 Å². The fourth-order valence-corrected chi connectivity index (χ4v) is 5.84. The molecule has 0 saturated carbocycles. The predicted octanol–water partition coefficient (Wildman–Crippen LogP) is 2.71. The van der Waals surface area contributed by atoms with E-state index in [1.807, 2.05) is 23.6 Å². The van der Waals surface area contributed by atoms with Crippen molar-refractivity contribution in [3.63, 3.8) is 0 Å². The topological polar surface area (TPSA) is 118 Å². The molecule has 32 heavy (non-hydrogen) atoms. The molecule has 0 unspecified atom stereocenters. The van der Waals surface area contributed by atoms with Crippen LogP contribution in [0.3, 0.4) is 0 Å². The summed E-state index contributed by atoms with van der Waals surface area (Å²) in [5.41, 5.74) is 7.14. The van der Waals surface area contributed by atoms with Gasteiger partial charge in [-0.3, -0.25) is 4.40 Å². The third-order valence-corrected chi connectivity index (χ3v) is 8.06. The Balaban J connectivity index is 0.000000360. The van der Waals surface area contributed by atoms with Gasteiger partial charge in [0.05, 0.1) is 6.20 Å². The molecular weight excluding hydrogens is 469 g/mol. The number of alkyl halides is 3. The number of hydrogen-bond acceptors (Lipinski definition) is 6. The first-order valence-electron chi connectivity index (χ1n) is 9.48. The van der Waals surface area contributed by atoms with Crippen LogP contribution in [0.5, 0.6) is 0 Å². The number of aliphatic carboxylic acids is 1. The highest BCUT2D eigenvalue weighted by atomic mass is 32.2. The number of carboxylic acid groups (broad SMARTS) is 1. The van der Waals surface area contributed by atoms with Gasteiger partial charge >= 0.3 is 12.1 Å². The summed E-state index contributed by atoms with van der Waals surface area (Å²) in [4.78, 5) is 13.8. The van der Waals surface area contributed by atoms with Crippen LogP contribution in [0, 0.1) is 0 Å². The molecular formula is C19H21F3N4O4S2. The van der Waals surface area contributed by atoms with Crippen molar-refractivity contribution < 1.29 is 31.5 Å². The van der Waals surface area contributed by atoms with E-state index in [1.165, 1.54) is 23.1 Å². The summed E-state index contributed by atoms with van der Waals surface area (Å²) in [6.45, 7) is 1.45. The van der Waals surface area contributed by atoms with E-state index in [1.54, 1.807) is 14.9 Å². The van der Waals surface area contributed by atoms with Crippen molar-refractivity contribution in [2.45, 2.75) is 29.5 Å². The molecule has 0 bridgehead atoms. The molecule has 0 aliphatic carbocycles. The second kappa shape index (κ2) is 9.17. The summed E-state index contributed by atoms with van der Waals surface area (Å²) in [5, 5.41) is 9.20. The predicted molar refractivity (Wildman–Crippen MR) is 112 cm³/mol. The highest BCUT2D eigenvalue weighted by Gasteiger charge is 2.40. The molecule has 1 aliphatic heterocycles. The summed E-state index contributed by atoms with van der Waals surface area (Å²) < 4.78 is 61.0. The Kier molecular flexibility index (Phi) is 6.93. The van der Waals surface area contributed by atoms with Crippen molar-refractivity contribution in [1.29, 1.82) is 0 Å². The SMILES string of the molecule is NCC1(c2ccccc2)CCN(S(=O)(=O)c2cnc3sccn23)CC1.O=C(O)C(F)(F)F. The molecule has 3 heterocycles. The Morgan fingerprint density at radius 3 is 2.34 bits per heavy atom. The van der Waals surface area contributed by atoms with Gasteiger partial charge in [0.2, 0.25) is 0 Å². The number of halogens is 3. The Morgan fingerprint density at radius 1 is 1.22 bits per heavy atom. The summed E-state index contributed by atoms with van der Waals surface area (Å²) in [7, 11) is -3.56. The van der Waals surface area contributed by atoms with Crippen molar-refractivity contribution in [1.82, 2.24) is 13.7 Å². The van der Waals surface area contributed by atoms with Crippen LogP contribution < -0.4 is 5.73 Å². The number of imidazole rings is 1. The minimum Gasteiger partial charge on any atom is -0.475 e. The molecule has 3 N–H and O–H groups in total. The van der Waals surface area contributed by atoms with Gasteiger partial charge in [-0.2, -0.15) is 17.5 Å². The van der Waals surface area contributed by atoms with Crippen molar-refractivity contribution in [2.75, 3.05) is 19.6 Å². The second-order valence-electron chi connectivity index (χ2n) is 7.21. The fraction of sp³-hybridized carbons (Fsp3) is 0.368. The Labute approximate surface area is 186 Å². The molecule has 174 valence electrons.